The molecule has 2 rings (SSSR count). The fraction of sp³-hybridized carbons (Fsp3) is 0.500. The van der Waals surface area contributed by atoms with Gasteiger partial charge in [0, 0.05) is 36.0 Å². The third kappa shape index (κ3) is 1.66. The number of aryl methyl sites for hydroxylation is 2. The zero-order valence-electron chi connectivity index (χ0n) is 7.63. The molecule has 0 saturated heterocycles. The monoisotopic (exact) mass is 196 g/mol. The summed E-state index contributed by atoms with van der Waals surface area (Å²) in [4.78, 5) is 11.6. The minimum atomic E-state index is 0.158. The van der Waals surface area contributed by atoms with Crippen molar-refractivity contribution in [2.45, 2.75) is 25.5 Å². The van der Waals surface area contributed by atoms with Crippen LogP contribution in [-0.2, 0) is 18.6 Å². The maximum Gasteiger partial charge on any atom is 0.189 e. The van der Waals surface area contributed by atoms with Crippen LogP contribution in [0.1, 0.15) is 24.0 Å². The van der Waals surface area contributed by atoms with Gasteiger partial charge in [0.05, 0.1) is 0 Å². The Balaban J connectivity index is 2.53. The molecule has 0 fully saturated rings. The van der Waals surface area contributed by atoms with Crippen molar-refractivity contribution < 1.29 is 4.42 Å². The third-order valence-electron chi connectivity index (χ3n) is 2.25. The standard InChI is InChI=1S/C10H12O2S/c1-2-7-5-9(11)8-6-13-4-3-10(8)12-7/h5H,2-4,6H2,1H3. The highest BCUT2D eigenvalue weighted by molar-refractivity contribution is 7.98. The average molecular weight is 196 g/mol. The van der Waals surface area contributed by atoms with Crippen molar-refractivity contribution in [2.24, 2.45) is 0 Å². The topological polar surface area (TPSA) is 30.2 Å². The Morgan fingerprint density at radius 2 is 2.46 bits per heavy atom. The smallest absolute Gasteiger partial charge is 0.189 e. The number of hydrogen-bond acceptors (Lipinski definition) is 3. The van der Waals surface area contributed by atoms with E-state index in [1.54, 1.807) is 17.8 Å². The maximum absolute atomic E-state index is 11.6. The Labute approximate surface area is 81.3 Å². The van der Waals surface area contributed by atoms with Crippen molar-refractivity contribution >= 4 is 11.8 Å². The first-order valence-electron chi connectivity index (χ1n) is 4.53. The van der Waals surface area contributed by atoms with Crippen LogP contribution in [-0.4, -0.2) is 5.75 Å². The lowest BCUT2D eigenvalue weighted by atomic mass is 10.1. The third-order valence-corrected chi connectivity index (χ3v) is 3.23. The van der Waals surface area contributed by atoms with Crippen LogP contribution in [0.3, 0.4) is 0 Å². The van der Waals surface area contributed by atoms with E-state index in [1.807, 2.05) is 6.92 Å². The largest absolute Gasteiger partial charge is 0.465 e. The molecule has 3 heteroatoms. The van der Waals surface area contributed by atoms with E-state index in [4.69, 9.17) is 4.42 Å². The van der Waals surface area contributed by atoms with Crippen LogP contribution in [0, 0.1) is 0 Å². The molecule has 0 saturated carbocycles. The first-order valence-corrected chi connectivity index (χ1v) is 5.69. The van der Waals surface area contributed by atoms with Crippen molar-refractivity contribution in [1.82, 2.24) is 0 Å². The van der Waals surface area contributed by atoms with Crippen molar-refractivity contribution in [3.63, 3.8) is 0 Å². The van der Waals surface area contributed by atoms with E-state index < -0.39 is 0 Å². The van der Waals surface area contributed by atoms with Crippen LogP contribution in [0.25, 0.3) is 0 Å². The van der Waals surface area contributed by atoms with Gasteiger partial charge < -0.3 is 4.42 Å². The molecule has 0 spiro atoms. The van der Waals surface area contributed by atoms with Gasteiger partial charge in [0.1, 0.15) is 11.5 Å². The minimum absolute atomic E-state index is 0.158. The van der Waals surface area contributed by atoms with E-state index >= 15 is 0 Å². The Morgan fingerprint density at radius 1 is 1.62 bits per heavy atom. The Morgan fingerprint density at radius 3 is 3.23 bits per heavy atom. The highest BCUT2D eigenvalue weighted by Gasteiger charge is 2.15. The van der Waals surface area contributed by atoms with Gasteiger partial charge >= 0.3 is 0 Å². The van der Waals surface area contributed by atoms with Gasteiger partial charge in [0.2, 0.25) is 0 Å². The molecule has 0 atom stereocenters. The van der Waals surface area contributed by atoms with Gasteiger partial charge in [-0.15, -0.1) is 0 Å². The van der Waals surface area contributed by atoms with Crippen LogP contribution in [0.2, 0.25) is 0 Å². The quantitative estimate of drug-likeness (QED) is 0.688. The second-order valence-corrected chi connectivity index (χ2v) is 4.24. The molecule has 0 aromatic carbocycles. The Kier molecular flexibility index (Phi) is 2.44. The SMILES string of the molecule is CCc1cc(=O)c2c(o1)CCSC2. The normalized spacial score (nSPS) is 15.5. The van der Waals surface area contributed by atoms with Crippen LogP contribution >= 0.6 is 11.8 Å². The lowest BCUT2D eigenvalue weighted by molar-refractivity contribution is 0.448. The molecule has 0 aliphatic carbocycles. The molecule has 1 aliphatic heterocycles. The molecule has 70 valence electrons. The lowest BCUT2D eigenvalue weighted by Crippen LogP contribution is -2.15. The molecular formula is C10H12O2S. The fourth-order valence-corrected chi connectivity index (χ4v) is 2.47. The fourth-order valence-electron chi connectivity index (χ4n) is 1.49. The molecule has 13 heavy (non-hydrogen) atoms. The van der Waals surface area contributed by atoms with E-state index in [2.05, 4.69) is 0 Å². The summed E-state index contributed by atoms with van der Waals surface area (Å²) in [6.45, 7) is 2.00. The molecular weight excluding hydrogens is 184 g/mol. The molecule has 1 aliphatic rings. The van der Waals surface area contributed by atoms with Gasteiger partial charge in [-0.2, -0.15) is 11.8 Å². The van der Waals surface area contributed by atoms with Gasteiger partial charge in [-0.3, -0.25) is 4.79 Å². The number of fused-ring (bicyclic) bond motifs is 1. The van der Waals surface area contributed by atoms with Gasteiger partial charge in [0.25, 0.3) is 0 Å². The second-order valence-electron chi connectivity index (χ2n) is 3.13. The van der Waals surface area contributed by atoms with E-state index in [9.17, 15) is 4.79 Å². The Bertz CT molecular complexity index is 368. The summed E-state index contributed by atoms with van der Waals surface area (Å²) in [5, 5.41) is 0. The Hall–Kier alpha value is -0.700. The molecule has 1 aromatic heterocycles. The molecule has 0 N–H and O–H groups in total. The summed E-state index contributed by atoms with van der Waals surface area (Å²) in [5.41, 5.74) is 1.04. The molecule has 2 heterocycles. The van der Waals surface area contributed by atoms with Gasteiger partial charge in [0.15, 0.2) is 5.43 Å². The molecule has 0 unspecified atom stereocenters. The molecule has 2 nitrogen and oxygen atoms in total. The molecule has 0 bridgehead atoms. The predicted octanol–water partition coefficient (Wildman–Crippen LogP) is 1.99. The molecule has 0 radical (unpaired) electrons. The molecule has 1 aromatic rings. The first kappa shape index (κ1) is 8.88. The van der Waals surface area contributed by atoms with Crippen LogP contribution in [0.5, 0.6) is 0 Å². The van der Waals surface area contributed by atoms with Gasteiger partial charge in [-0.1, -0.05) is 6.92 Å². The lowest BCUT2D eigenvalue weighted by Gasteiger charge is -2.13. The van der Waals surface area contributed by atoms with Crippen molar-refractivity contribution in [1.29, 1.82) is 0 Å². The number of thioether (sulfide) groups is 1. The molecule has 0 amide bonds. The summed E-state index contributed by atoms with van der Waals surface area (Å²) >= 11 is 1.81. The summed E-state index contributed by atoms with van der Waals surface area (Å²) in [6, 6.07) is 1.63. The van der Waals surface area contributed by atoms with Crippen molar-refractivity contribution in [3.8, 4) is 0 Å². The summed E-state index contributed by atoms with van der Waals surface area (Å²) < 4.78 is 5.62. The maximum atomic E-state index is 11.6. The summed E-state index contributed by atoms with van der Waals surface area (Å²) in [5.74, 6) is 3.63. The predicted molar refractivity (Wildman–Crippen MR) is 54.2 cm³/mol. The number of hydrogen-bond donors (Lipinski definition) is 0. The highest BCUT2D eigenvalue weighted by atomic mass is 32.2. The van der Waals surface area contributed by atoms with E-state index in [0.29, 0.717) is 0 Å². The zero-order chi connectivity index (χ0) is 9.26. The van der Waals surface area contributed by atoms with E-state index in [1.165, 1.54) is 0 Å². The van der Waals surface area contributed by atoms with Crippen molar-refractivity contribution in [3.05, 3.63) is 33.4 Å². The highest BCUT2D eigenvalue weighted by Crippen LogP contribution is 2.22. The number of rotatable bonds is 1. The van der Waals surface area contributed by atoms with Crippen molar-refractivity contribution in [2.75, 3.05) is 5.75 Å². The average Bonchev–Trinajstić information content (AvgIpc) is 2.18. The van der Waals surface area contributed by atoms with E-state index in [0.717, 1.165) is 41.4 Å². The van der Waals surface area contributed by atoms with Crippen LogP contribution < -0.4 is 5.43 Å². The first-order chi connectivity index (χ1) is 6.31. The summed E-state index contributed by atoms with van der Waals surface area (Å²) in [6.07, 6.45) is 1.71. The minimum Gasteiger partial charge on any atom is -0.465 e. The van der Waals surface area contributed by atoms with Gasteiger partial charge in [-0.05, 0) is 0 Å². The van der Waals surface area contributed by atoms with Crippen LogP contribution in [0.4, 0.5) is 0 Å². The van der Waals surface area contributed by atoms with Gasteiger partial charge in [-0.25, -0.2) is 0 Å². The second kappa shape index (κ2) is 3.58. The van der Waals surface area contributed by atoms with Crippen LogP contribution in [0.15, 0.2) is 15.3 Å². The summed E-state index contributed by atoms with van der Waals surface area (Å²) in [7, 11) is 0. The van der Waals surface area contributed by atoms with E-state index in [-0.39, 0.29) is 5.43 Å². The zero-order valence-corrected chi connectivity index (χ0v) is 8.45.